The fraction of sp³-hybridized carbons (Fsp3) is 0. The van der Waals surface area contributed by atoms with Gasteiger partial charge < -0.3 is 10.6 Å². The van der Waals surface area contributed by atoms with Crippen LogP contribution < -0.4 is 10.6 Å². The van der Waals surface area contributed by atoms with E-state index in [-0.39, 0.29) is 5.56 Å². The van der Waals surface area contributed by atoms with E-state index in [0.29, 0.717) is 16.9 Å². The average molecular weight is 352 g/mol. The van der Waals surface area contributed by atoms with Gasteiger partial charge in [-0.3, -0.25) is 9.59 Å². The van der Waals surface area contributed by atoms with Gasteiger partial charge in [-0.1, -0.05) is 18.2 Å². The molecule has 3 rings (SSSR count). The van der Waals surface area contributed by atoms with Crippen LogP contribution in [0.2, 0.25) is 0 Å². The second-order valence-electron chi connectivity index (χ2n) is 5.48. The van der Waals surface area contributed by atoms with Crippen LogP contribution >= 0.6 is 0 Å². The fourth-order valence-electron chi connectivity index (χ4n) is 2.32. The second kappa shape index (κ2) is 7.57. The lowest BCUT2D eigenvalue weighted by Gasteiger charge is -2.09. The Morgan fingerprint density at radius 2 is 1.38 bits per heavy atom. The third kappa shape index (κ3) is 4.10. The molecular weight excluding hydrogens is 338 g/mol. The van der Waals surface area contributed by atoms with Crippen molar-refractivity contribution in [3.8, 4) is 0 Å². The molecule has 0 aromatic heterocycles. The largest absolute Gasteiger partial charge is 0.322 e. The highest BCUT2D eigenvalue weighted by atomic mass is 19.1. The number of carbonyl (C=O) groups excluding carboxylic acids is 2. The van der Waals surface area contributed by atoms with Gasteiger partial charge in [0.1, 0.15) is 11.6 Å². The van der Waals surface area contributed by atoms with Gasteiger partial charge in [0.15, 0.2) is 0 Å². The lowest BCUT2D eigenvalue weighted by molar-refractivity contribution is 0.101. The van der Waals surface area contributed by atoms with Crippen LogP contribution in [0.15, 0.2) is 72.8 Å². The van der Waals surface area contributed by atoms with Gasteiger partial charge in [-0.25, -0.2) is 8.78 Å². The summed E-state index contributed by atoms with van der Waals surface area (Å²) in [6.45, 7) is 0. The average Bonchev–Trinajstić information content (AvgIpc) is 2.64. The summed E-state index contributed by atoms with van der Waals surface area (Å²) >= 11 is 0. The number of rotatable bonds is 4. The van der Waals surface area contributed by atoms with E-state index in [1.165, 1.54) is 48.5 Å². The molecule has 2 amide bonds. The van der Waals surface area contributed by atoms with Gasteiger partial charge >= 0.3 is 0 Å². The Bertz CT molecular complexity index is 956. The van der Waals surface area contributed by atoms with Gasteiger partial charge in [-0.15, -0.1) is 0 Å². The van der Waals surface area contributed by atoms with Crippen molar-refractivity contribution in [2.75, 3.05) is 10.6 Å². The molecule has 0 heterocycles. The number of nitrogens with one attached hydrogen (secondary N) is 2. The van der Waals surface area contributed by atoms with E-state index < -0.39 is 23.4 Å². The summed E-state index contributed by atoms with van der Waals surface area (Å²) in [6, 6.07) is 17.2. The molecule has 0 radical (unpaired) electrons. The predicted molar refractivity (Wildman–Crippen MR) is 95.1 cm³/mol. The molecule has 0 aliphatic heterocycles. The van der Waals surface area contributed by atoms with Crippen LogP contribution in [-0.2, 0) is 0 Å². The summed E-state index contributed by atoms with van der Waals surface area (Å²) < 4.78 is 26.6. The molecule has 130 valence electrons. The molecule has 3 aromatic rings. The number of benzene rings is 3. The Balaban J connectivity index is 1.73. The minimum Gasteiger partial charge on any atom is -0.322 e. The molecule has 3 aromatic carbocycles. The van der Waals surface area contributed by atoms with Gasteiger partial charge in [-0.2, -0.15) is 0 Å². The van der Waals surface area contributed by atoms with Crippen LogP contribution in [0.3, 0.4) is 0 Å². The molecule has 26 heavy (non-hydrogen) atoms. The number of halogens is 2. The normalized spacial score (nSPS) is 10.2. The van der Waals surface area contributed by atoms with Crippen molar-refractivity contribution in [2.45, 2.75) is 0 Å². The number of hydrogen-bond acceptors (Lipinski definition) is 2. The quantitative estimate of drug-likeness (QED) is 0.728. The molecule has 0 aliphatic rings. The van der Waals surface area contributed by atoms with Gasteiger partial charge in [-0.05, 0) is 54.6 Å². The lowest BCUT2D eigenvalue weighted by Crippen LogP contribution is -2.15. The van der Waals surface area contributed by atoms with Crippen molar-refractivity contribution in [1.29, 1.82) is 0 Å². The van der Waals surface area contributed by atoms with E-state index in [9.17, 15) is 18.4 Å². The highest BCUT2D eigenvalue weighted by molar-refractivity contribution is 6.07. The third-order valence-corrected chi connectivity index (χ3v) is 3.60. The smallest absolute Gasteiger partial charge is 0.258 e. The van der Waals surface area contributed by atoms with Gasteiger partial charge in [0.25, 0.3) is 11.8 Å². The monoisotopic (exact) mass is 352 g/mol. The Labute approximate surface area is 148 Å². The molecule has 6 heteroatoms. The van der Waals surface area contributed by atoms with Crippen molar-refractivity contribution in [2.24, 2.45) is 0 Å². The minimum absolute atomic E-state index is 0.0892. The fourth-order valence-corrected chi connectivity index (χ4v) is 2.32. The van der Waals surface area contributed by atoms with Crippen LogP contribution in [-0.4, -0.2) is 11.8 Å². The van der Waals surface area contributed by atoms with Crippen molar-refractivity contribution in [1.82, 2.24) is 0 Å². The first-order valence-electron chi connectivity index (χ1n) is 7.76. The van der Waals surface area contributed by atoms with Crippen molar-refractivity contribution in [3.05, 3.63) is 95.6 Å². The highest BCUT2D eigenvalue weighted by Crippen LogP contribution is 2.16. The summed E-state index contributed by atoms with van der Waals surface area (Å²) in [5.41, 5.74) is 0.997. The van der Waals surface area contributed by atoms with Crippen molar-refractivity contribution >= 4 is 23.2 Å². The van der Waals surface area contributed by atoms with Crippen LogP contribution in [0, 0.1) is 11.6 Å². The Morgan fingerprint density at radius 3 is 2.12 bits per heavy atom. The zero-order chi connectivity index (χ0) is 18.5. The van der Waals surface area contributed by atoms with E-state index in [2.05, 4.69) is 10.6 Å². The number of amides is 2. The molecule has 0 atom stereocenters. The SMILES string of the molecule is O=C(Nc1ccc(F)cc1)c1cccc(NC(=O)c2ccccc2F)c1. The Hall–Kier alpha value is -3.54. The van der Waals surface area contributed by atoms with Crippen molar-refractivity contribution < 1.29 is 18.4 Å². The van der Waals surface area contributed by atoms with Crippen LogP contribution in [0.1, 0.15) is 20.7 Å². The molecule has 0 spiro atoms. The molecule has 0 saturated heterocycles. The highest BCUT2D eigenvalue weighted by Gasteiger charge is 2.12. The summed E-state index contributed by atoms with van der Waals surface area (Å²) in [6.07, 6.45) is 0. The van der Waals surface area contributed by atoms with E-state index in [1.807, 2.05) is 0 Å². The zero-order valence-corrected chi connectivity index (χ0v) is 13.5. The van der Waals surface area contributed by atoms with Gasteiger partial charge in [0, 0.05) is 16.9 Å². The molecule has 0 unspecified atom stereocenters. The number of hydrogen-bond donors (Lipinski definition) is 2. The van der Waals surface area contributed by atoms with E-state index in [4.69, 9.17) is 0 Å². The minimum atomic E-state index is -0.629. The predicted octanol–water partition coefficient (Wildman–Crippen LogP) is 4.47. The first-order chi connectivity index (χ1) is 12.5. The Kier molecular flexibility index (Phi) is 5.03. The third-order valence-electron chi connectivity index (χ3n) is 3.60. The molecule has 0 fully saturated rings. The Morgan fingerprint density at radius 1 is 0.692 bits per heavy atom. The molecular formula is C20H14F2N2O2. The molecule has 2 N–H and O–H groups in total. The standard InChI is InChI=1S/C20H14F2N2O2/c21-14-8-10-15(11-9-14)23-19(25)13-4-3-5-16(12-13)24-20(26)17-6-1-2-7-18(17)22/h1-12H,(H,23,25)(H,24,26). The molecule has 4 nitrogen and oxygen atoms in total. The molecule has 0 bridgehead atoms. The summed E-state index contributed by atoms with van der Waals surface area (Å²) in [5.74, 6) is -2.06. The number of carbonyl (C=O) groups is 2. The second-order valence-corrected chi connectivity index (χ2v) is 5.48. The van der Waals surface area contributed by atoms with Gasteiger partial charge in [0.2, 0.25) is 0 Å². The first-order valence-corrected chi connectivity index (χ1v) is 7.76. The van der Waals surface area contributed by atoms with E-state index in [0.717, 1.165) is 0 Å². The summed E-state index contributed by atoms with van der Waals surface area (Å²) in [4.78, 5) is 24.4. The maximum atomic E-state index is 13.7. The molecule has 0 saturated carbocycles. The zero-order valence-electron chi connectivity index (χ0n) is 13.5. The lowest BCUT2D eigenvalue weighted by atomic mass is 10.1. The van der Waals surface area contributed by atoms with Gasteiger partial charge in [0.05, 0.1) is 5.56 Å². The molecule has 0 aliphatic carbocycles. The summed E-state index contributed by atoms with van der Waals surface area (Å²) in [7, 11) is 0. The van der Waals surface area contributed by atoms with Crippen LogP contribution in [0.25, 0.3) is 0 Å². The van der Waals surface area contributed by atoms with Crippen LogP contribution in [0.4, 0.5) is 20.2 Å². The maximum Gasteiger partial charge on any atom is 0.258 e. The van der Waals surface area contributed by atoms with E-state index in [1.54, 1.807) is 24.3 Å². The van der Waals surface area contributed by atoms with Crippen molar-refractivity contribution in [3.63, 3.8) is 0 Å². The maximum absolute atomic E-state index is 13.7. The topological polar surface area (TPSA) is 58.2 Å². The van der Waals surface area contributed by atoms with E-state index >= 15 is 0 Å². The first kappa shape index (κ1) is 17.3. The van der Waals surface area contributed by atoms with Crippen LogP contribution in [0.5, 0.6) is 0 Å². The number of anilines is 2. The summed E-state index contributed by atoms with van der Waals surface area (Å²) in [5, 5.41) is 5.19.